The van der Waals surface area contributed by atoms with Gasteiger partial charge in [0.2, 0.25) is 5.91 Å². The minimum Gasteiger partial charge on any atom is -0.302 e. The zero-order chi connectivity index (χ0) is 20.9. The van der Waals surface area contributed by atoms with Crippen LogP contribution in [0.3, 0.4) is 0 Å². The molecule has 30 heavy (non-hydrogen) atoms. The van der Waals surface area contributed by atoms with Crippen LogP contribution >= 0.6 is 34.7 Å². The maximum absolute atomic E-state index is 12.4. The average molecular weight is 456 g/mol. The highest BCUT2D eigenvalue weighted by atomic mass is 35.5. The lowest BCUT2D eigenvalue weighted by Crippen LogP contribution is -2.14. The van der Waals surface area contributed by atoms with E-state index < -0.39 is 0 Å². The molecule has 152 valence electrons. The lowest BCUT2D eigenvalue weighted by molar-refractivity contribution is -0.113. The van der Waals surface area contributed by atoms with E-state index in [9.17, 15) is 4.79 Å². The molecule has 0 saturated carbocycles. The zero-order valence-corrected chi connectivity index (χ0v) is 18.5. The third-order valence-electron chi connectivity index (χ3n) is 4.29. The number of thiazole rings is 1. The van der Waals surface area contributed by atoms with E-state index >= 15 is 0 Å². The quantitative estimate of drug-likeness (QED) is 0.374. The summed E-state index contributed by atoms with van der Waals surface area (Å²) in [5, 5.41) is 15.3. The van der Waals surface area contributed by atoms with Crippen molar-refractivity contribution in [2.75, 3.05) is 11.1 Å². The maximum atomic E-state index is 12.4. The molecule has 9 heteroatoms. The van der Waals surface area contributed by atoms with Gasteiger partial charge in [0.05, 0.1) is 11.4 Å². The van der Waals surface area contributed by atoms with Crippen LogP contribution in [0.25, 0.3) is 22.6 Å². The highest BCUT2D eigenvalue weighted by Crippen LogP contribution is 2.27. The number of nitrogens with one attached hydrogen (secondary N) is 1. The predicted molar refractivity (Wildman–Crippen MR) is 123 cm³/mol. The van der Waals surface area contributed by atoms with Gasteiger partial charge in [0.25, 0.3) is 0 Å². The molecule has 0 aliphatic heterocycles. The van der Waals surface area contributed by atoms with Gasteiger partial charge in [-0.3, -0.25) is 4.79 Å². The van der Waals surface area contributed by atoms with Gasteiger partial charge in [-0.05, 0) is 31.2 Å². The molecule has 0 aliphatic rings. The zero-order valence-electron chi connectivity index (χ0n) is 16.1. The van der Waals surface area contributed by atoms with Crippen molar-refractivity contribution >= 4 is 45.7 Å². The van der Waals surface area contributed by atoms with Crippen molar-refractivity contribution in [3.63, 3.8) is 0 Å². The molecular formula is C21H18ClN5OS2. The molecule has 4 rings (SSSR count). The van der Waals surface area contributed by atoms with E-state index in [1.807, 2.05) is 71.5 Å². The van der Waals surface area contributed by atoms with E-state index in [0.29, 0.717) is 21.9 Å². The molecule has 6 nitrogen and oxygen atoms in total. The molecule has 0 atom stereocenters. The van der Waals surface area contributed by atoms with E-state index in [2.05, 4.69) is 20.5 Å². The van der Waals surface area contributed by atoms with Crippen LogP contribution in [0.1, 0.15) is 6.92 Å². The number of aromatic nitrogens is 4. The third kappa shape index (κ3) is 4.72. The fourth-order valence-electron chi connectivity index (χ4n) is 2.85. The Bertz CT molecular complexity index is 1140. The van der Waals surface area contributed by atoms with Gasteiger partial charge in [0, 0.05) is 28.1 Å². The Morgan fingerprint density at radius 1 is 1.10 bits per heavy atom. The van der Waals surface area contributed by atoms with E-state index in [4.69, 9.17) is 11.6 Å². The summed E-state index contributed by atoms with van der Waals surface area (Å²) in [5.74, 6) is 0.844. The smallest absolute Gasteiger partial charge is 0.236 e. The normalized spacial score (nSPS) is 10.9. The van der Waals surface area contributed by atoms with Gasteiger partial charge in [-0.1, -0.05) is 53.7 Å². The Morgan fingerprint density at radius 2 is 1.87 bits per heavy atom. The standard InChI is InChI=1S/C21H18ClN5OS2/c1-2-27-19(15-8-10-16(22)11-9-15)25-26-21(27)30-13-18(28)24-20-23-17(12-29-20)14-6-4-3-5-7-14/h3-12H,2,13H2,1H3,(H,23,24,28). The summed E-state index contributed by atoms with van der Waals surface area (Å²) in [6, 6.07) is 17.3. The van der Waals surface area contributed by atoms with E-state index in [1.54, 1.807) is 0 Å². The fraction of sp³-hybridized carbons (Fsp3) is 0.143. The first kappa shape index (κ1) is 20.6. The van der Waals surface area contributed by atoms with Crippen LogP contribution < -0.4 is 5.32 Å². The number of halogens is 1. The van der Waals surface area contributed by atoms with Crippen LogP contribution in [0.15, 0.2) is 65.1 Å². The summed E-state index contributed by atoms with van der Waals surface area (Å²) in [6.07, 6.45) is 0. The average Bonchev–Trinajstić information content (AvgIpc) is 3.40. The molecule has 0 radical (unpaired) electrons. The number of anilines is 1. The Hall–Kier alpha value is -2.68. The van der Waals surface area contributed by atoms with Gasteiger partial charge in [-0.2, -0.15) is 0 Å². The number of thioether (sulfide) groups is 1. The van der Waals surface area contributed by atoms with E-state index in [-0.39, 0.29) is 11.7 Å². The molecule has 0 bridgehead atoms. The molecule has 0 aliphatic carbocycles. The molecule has 0 fully saturated rings. The van der Waals surface area contributed by atoms with Crippen LogP contribution in [0, 0.1) is 0 Å². The fourth-order valence-corrected chi connectivity index (χ4v) is 4.52. The summed E-state index contributed by atoms with van der Waals surface area (Å²) in [7, 11) is 0. The van der Waals surface area contributed by atoms with Crippen LogP contribution in [-0.4, -0.2) is 31.4 Å². The van der Waals surface area contributed by atoms with Crippen molar-refractivity contribution in [1.82, 2.24) is 19.7 Å². The number of carbonyl (C=O) groups is 1. The molecule has 2 heterocycles. The summed E-state index contributed by atoms with van der Waals surface area (Å²) in [5.41, 5.74) is 2.80. The molecule has 0 saturated heterocycles. The van der Waals surface area contributed by atoms with E-state index in [1.165, 1.54) is 23.1 Å². The molecule has 0 unspecified atom stereocenters. The highest BCUT2D eigenvalue weighted by Gasteiger charge is 2.15. The van der Waals surface area contributed by atoms with Crippen LogP contribution in [0.5, 0.6) is 0 Å². The summed E-state index contributed by atoms with van der Waals surface area (Å²) in [4.78, 5) is 16.9. The molecule has 2 aromatic heterocycles. The maximum Gasteiger partial charge on any atom is 0.236 e. The van der Waals surface area contributed by atoms with Crippen LogP contribution in [0.2, 0.25) is 5.02 Å². The van der Waals surface area contributed by atoms with Crippen molar-refractivity contribution < 1.29 is 4.79 Å². The lowest BCUT2D eigenvalue weighted by atomic mass is 10.2. The number of nitrogens with zero attached hydrogens (tertiary/aromatic N) is 4. The first-order valence-corrected chi connectivity index (χ1v) is 11.5. The largest absolute Gasteiger partial charge is 0.302 e. The van der Waals surface area contributed by atoms with Crippen molar-refractivity contribution in [3.05, 3.63) is 65.0 Å². The van der Waals surface area contributed by atoms with Gasteiger partial charge < -0.3 is 9.88 Å². The van der Waals surface area contributed by atoms with Crippen molar-refractivity contribution in [3.8, 4) is 22.6 Å². The number of carbonyl (C=O) groups excluding carboxylic acids is 1. The topological polar surface area (TPSA) is 72.7 Å². The van der Waals surface area contributed by atoms with Gasteiger partial charge >= 0.3 is 0 Å². The minimum atomic E-state index is -0.132. The molecule has 4 aromatic rings. The molecule has 0 spiro atoms. The minimum absolute atomic E-state index is 0.132. The number of hydrogen-bond acceptors (Lipinski definition) is 6. The number of benzene rings is 2. The number of amides is 1. The third-order valence-corrected chi connectivity index (χ3v) is 6.26. The van der Waals surface area contributed by atoms with Crippen molar-refractivity contribution in [2.45, 2.75) is 18.6 Å². The Labute approximate surface area is 187 Å². The summed E-state index contributed by atoms with van der Waals surface area (Å²) < 4.78 is 1.98. The molecular weight excluding hydrogens is 438 g/mol. The van der Waals surface area contributed by atoms with Gasteiger partial charge in [0.15, 0.2) is 16.1 Å². The second-order valence-electron chi connectivity index (χ2n) is 6.30. The Morgan fingerprint density at radius 3 is 2.60 bits per heavy atom. The van der Waals surface area contributed by atoms with Crippen molar-refractivity contribution in [1.29, 1.82) is 0 Å². The van der Waals surface area contributed by atoms with Gasteiger partial charge in [0.1, 0.15) is 0 Å². The second-order valence-corrected chi connectivity index (χ2v) is 8.54. The molecule has 1 N–H and O–H groups in total. The second kappa shape index (κ2) is 9.42. The van der Waals surface area contributed by atoms with Gasteiger partial charge in [-0.15, -0.1) is 21.5 Å². The highest BCUT2D eigenvalue weighted by molar-refractivity contribution is 7.99. The van der Waals surface area contributed by atoms with Gasteiger partial charge in [-0.25, -0.2) is 4.98 Å². The van der Waals surface area contributed by atoms with Crippen LogP contribution in [0.4, 0.5) is 5.13 Å². The molecule has 2 aromatic carbocycles. The first-order valence-electron chi connectivity index (χ1n) is 9.26. The van der Waals surface area contributed by atoms with E-state index in [0.717, 1.165) is 22.6 Å². The van der Waals surface area contributed by atoms with Crippen LogP contribution in [-0.2, 0) is 11.3 Å². The monoisotopic (exact) mass is 455 g/mol. The Kier molecular flexibility index (Phi) is 6.47. The summed E-state index contributed by atoms with van der Waals surface area (Å²) >= 11 is 8.73. The Balaban J connectivity index is 1.40. The summed E-state index contributed by atoms with van der Waals surface area (Å²) in [6.45, 7) is 2.72. The van der Waals surface area contributed by atoms with Crippen molar-refractivity contribution in [2.24, 2.45) is 0 Å². The number of rotatable bonds is 7. The molecule has 1 amide bonds. The number of hydrogen-bond donors (Lipinski definition) is 1. The SMILES string of the molecule is CCn1c(SCC(=O)Nc2nc(-c3ccccc3)cs2)nnc1-c1ccc(Cl)cc1. The predicted octanol–water partition coefficient (Wildman–Crippen LogP) is 5.47. The first-order chi connectivity index (χ1) is 14.6. The lowest BCUT2D eigenvalue weighted by Gasteiger charge is -2.07.